The molecule has 2 rings (SSSR count). The second-order valence-corrected chi connectivity index (χ2v) is 5.63. The van der Waals surface area contributed by atoms with Crippen LogP contribution in [0.5, 0.6) is 0 Å². The maximum Gasteiger partial charge on any atom is 0.264 e. The van der Waals surface area contributed by atoms with Gasteiger partial charge in [0, 0.05) is 11.8 Å². The van der Waals surface area contributed by atoms with Crippen LogP contribution < -0.4 is 5.56 Å². The first-order chi connectivity index (χ1) is 8.50. The molecule has 1 aromatic heterocycles. The minimum Gasteiger partial charge on any atom is -0.310 e. The predicted octanol–water partition coefficient (Wildman–Crippen LogP) is 3.54. The van der Waals surface area contributed by atoms with Crippen molar-refractivity contribution in [2.24, 2.45) is 0 Å². The summed E-state index contributed by atoms with van der Waals surface area (Å²) in [6, 6.07) is 5.77. The van der Waals surface area contributed by atoms with Crippen LogP contribution in [0.2, 0.25) is 0 Å². The van der Waals surface area contributed by atoms with E-state index in [0.717, 1.165) is 0 Å². The second kappa shape index (κ2) is 5.48. The van der Waals surface area contributed by atoms with Crippen LogP contribution in [0.4, 0.5) is 8.78 Å². The molecule has 2 aromatic rings. The zero-order chi connectivity index (χ0) is 13.3. The van der Waals surface area contributed by atoms with Gasteiger partial charge < -0.3 is 4.57 Å². The molecule has 0 unspecified atom stereocenters. The molecule has 0 aliphatic carbocycles. The minimum atomic E-state index is -0.680. The van der Waals surface area contributed by atoms with E-state index < -0.39 is 11.6 Å². The van der Waals surface area contributed by atoms with E-state index in [0.29, 0.717) is 3.57 Å². The van der Waals surface area contributed by atoms with Crippen LogP contribution in [0.3, 0.4) is 0 Å². The van der Waals surface area contributed by atoms with E-state index in [9.17, 15) is 13.6 Å². The van der Waals surface area contributed by atoms with E-state index in [-0.39, 0.29) is 22.1 Å². The maximum absolute atomic E-state index is 13.8. The Morgan fingerprint density at radius 3 is 2.72 bits per heavy atom. The Labute approximate surface area is 124 Å². The summed E-state index contributed by atoms with van der Waals surface area (Å²) in [6.45, 7) is -0.132. The van der Waals surface area contributed by atoms with E-state index in [1.54, 1.807) is 12.1 Å². The van der Waals surface area contributed by atoms with Gasteiger partial charge in [-0.25, -0.2) is 8.78 Å². The van der Waals surface area contributed by atoms with Gasteiger partial charge in [-0.05, 0) is 62.8 Å². The van der Waals surface area contributed by atoms with Crippen molar-refractivity contribution < 1.29 is 8.78 Å². The lowest BCUT2D eigenvalue weighted by molar-refractivity contribution is 0.537. The predicted molar refractivity (Wildman–Crippen MR) is 76.6 cm³/mol. The lowest BCUT2D eigenvalue weighted by Crippen LogP contribution is -2.22. The number of aromatic nitrogens is 1. The SMILES string of the molecule is O=c1c(I)cccn1Cc1c(F)ccc(Br)c1F. The zero-order valence-electron chi connectivity index (χ0n) is 8.96. The van der Waals surface area contributed by atoms with Crippen molar-refractivity contribution in [3.05, 3.63) is 66.1 Å². The number of hydrogen-bond donors (Lipinski definition) is 0. The molecule has 0 saturated carbocycles. The highest BCUT2D eigenvalue weighted by molar-refractivity contribution is 14.1. The molecule has 0 amide bonds. The van der Waals surface area contributed by atoms with Gasteiger partial charge in [0.2, 0.25) is 0 Å². The first kappa shape index (κ1) is 13.7. The largest absolute Gasteiger partial charge is 0.310 e. The van der Waals surface area contributed by atoms with Gasteiger partial charge in [-0.3, -0.25) is 4.79 Å². The third kappa shape index (κ3) is 2.64. The summed E-state index contributed by atoms with van der Waals surface area (Å²) in [5, 5.41) is 0. The molecule has 0 bridgehead atoms. The van der Waals surface area contributed by atoms with Gasteiger partial charge in [0.1, 0.15) is 11.6 Å². The fourth-order valence-corrected chi connectivity index (χ4v) is 2.41. The maximum atomic E-state index is 13.8. The number of nitrogens with zero attached hydrogens (tertiary/aromatic N) is 1. The second-order valence-electron chi connectivity index (χ2n) is 3.61. The Balaban J connectivity index is 2.50. The molecule has 0 saturated heterocycles. The number of rotatable bonds is 2. The van der Waals surface area contributed by atoms with Crippen LogP contribution in [0.25, 0.3) is 0 Å². The third-order valence-electron chi connectivity index (χ3n) is 2.44. The summed E-state index contributed by atoms with van der Waals surface area (Å²) in [7, 11) is 0. The summed E-state index contributed by atoms with van der Waals surface area (Å²) < 4.78 is 29.3. The smallest absolute Gasteiger partial charge is 0.264 e. The van der Waals surface area contributed by atoms with Crippen LogP contribution in [0, 0.1) is 15.2 Å². The molecule has 0 aliphatic heterocycles. The van der Waals surface area contributed by atoms with Crippen molar-refractivity contribution in [1.82, 2.24) is 4.57 Å². The fraction of sp³-hybridized carbons (Fsp3) is 0.0833. The third-order valence-corrected chi connectivity index (χ3v) is 3.87. The number of benzene rings is 1. The summed E-state index contributed by atoms with van der Waals surface area (Å²) in [4.78, 5) is 11.8. The van der Waals surface area contributed by atoms with Crippen LogP contribution in [0.1, 0.15) is 5.56 Å². The highest BCUT2D eigenvalue weighted by atomic mass is 127. The molecule has 0 atom stereocenters. The highest BCUT2D eigenvalue weighted by Gasteiger charge is 2.13. The molecule has 94 valence electrons. The molecule has 0 N–H and O–H groups in total. The Hall–Kier alpha value is -0.760. The molecule has 0 radical (unpaired) electrons. The van der Waals surface area contributed by atoms with Gasteiger partial charge in [0.15, 0.2) is 0 Å². The average Bonchev–Trinajstić information content (AvgIpc) is 2.35. The monoisotopic (exact) mass is 425 g/mol. The Kier molecular flexibility index (Phi) is 4.16. The van der Waals surface area contributed by atoms with Crippen molar-refractivity contribution in [2.45, 2.75) is 6.54 Å². The Bertz CT molecular complexity index is 657. The van der Waals surface area contributed by atoms with E-state index in [2.05, 4.69) is 15.9 Å². The minimum absolute atomic E-state index is 0.131. The van der Waals surface area contributed by atoms with Gasteiger partial charge in [-0.15, -0.1) is 0 Å². The summed E-state index contributed by atoms with van der Waals surface area (Å²) >= 11 is 4.88. The number of hydrogen-bond acceptors (Lipinski definition) is 1. The van der Waals surface area contributed by atoms with Crippen LogP contribution >= 0.6 is 38.5 Å². The topological polar surface area (TPSA) is 22.0 Å². The Morgan fingerprint density at radius 2 is 2.00 bits per heavy atom. The van der Waals surface area contributed by atoms with E-state index in [1.165, 1.54) is 22.9 Å². The molecule has 0 aliphatic rings. The first-order valence-corrected chi connectivity index (χ1v) is 6.85. The Morgan fingerprint density at radius 1 is 1.28 bits per heavy atom. The highest BCUT2D eigenvalue weighted by Crippen LogP contribution is 2.22. The molecule has 6 heteroatoms. The van der Waals surface area contributed by atoms with E-state index >= 15 is 0 Å². The first-order valence-electron chi connectivity index (χ1n) is 4.98. The lowest BCUT2D eigenvalue weighted by Gasteiger charge is -2.09. The van der Waals surface area contributed by atoms with Gasteiger partial charge in [0.25, 0.3) is 5.56 Å². The lowest BCUT2D eigenvalue weighted by atomic mass is 10.2. The van der Waals surface area contributed by atoms with Crippen molar-refractivity contribution in [3.8, 4) is 0 Å². The molecule has 0 fully saturated rings. The van der Waals surface area contributed by atoms with Crippen molar-refractivity contribution in [2.75, 3.05) is 0 Å². The normalized spacial score (nSPS) is 10.7. The molecular formula is C12H7BrF2INO. The summed E-state index contributed by atoms with van der Waals surface area (Å²) in [6.07, 6.45) is 1.50. The van der Waals surface area contributed by atoms with Gasteiger partial charge in [-0.2, -0.15) is 0 Å². The molecule has 18 heavy (non-hydrogen) atoms. The van der Waals surface area contributed by atoms with Gasteiger partial charge >= 0.3 is 0 Å². The number of halogens is 4. The van der Waals surface area contributed by atoms with Gasteiger partial charge in [0.05, 0.1) is 14.6 Å². The standard InChI is InChI=1S/C12H7BrF2INO/c13-8-3-4-9(14)7(11(8)15)6-17-5-1-2-10(16)12(17)18/h1-5H,6H2. The molecule has 1 aromatic carbocycles. The quantitative estimate of drug-likeness (QED) is 0.532. The van der Waals surface area contributed by atoms with Crippen molar-refractivity contribution in [3.63, 3.8) is 0 Å². The van der Waals surface area contributed by atoms with Gasteiger partial charge in [-0.1, -0.05) is 0 Å². The van der Waals surface area contributed by atoms with Crippen LogP contribution in [-0.2, 0) is 6.54 Å². The van der Waals surface area contributed by atoms with Crippen molar-refractivity contribution >= 4 is 38.5 Å². The molecular weight excluding hydrogens is 419 g/mol. The van der Waals surface area contributed by atoms with E-state index in [1.807, 2.05) is 22.6 Å². The number of pyridine rings is 1. The summed E-state index contributed by atoms with van der Waals surface area (Å²) in [5.41, 5.74) is -0.398. The zero-order valence-corrected chi connectivity index (χ0v) is 12.7. The molecule has 0 spiro atoms. The van der Waals surface area contributed by atoms with Crippen molar-refractivity contribution in [1.29, 1.82) is 0 Å². The summed E-state index contributed by atoms with van der Waals surface area (Å²) in [5.74, 6) is -1.35. The van der Waals surface area contributed by atoms with Crippen LogP contribution in [0.15, 0.2) is 39.7 Å². The van der Waals surface area contributed by atoms with Crippen LogP contribution in [-0.4, -0.2) is 4.57 Å². The fourth-order valence-electron chi connectivity index (χ4n) is 1.52. The molecule has 2 nitrogen and oxygen atoms in total. The van der Waals surface area contributed by atoms with E-state index in [4.69, 9.17) is 0 Å². The average molecular weight is 426 g/mol. The molecule has 1 heterocycles.